The highest BCUT2D eigenvalue weighted by molar-refractivity contribution is 5.85. The van der Waals surface area contributed by atoms with E-state index >= 15 is 0 Å². The van der Waals surface area contributed by atoms with Crippen LogP contribution in [0.1, 0.15) is 31.2 Å². The van der Waals surface area contributed by atoms with Gasteiger partial charge in [-0.3, -0.25) is 9.59 Å². The Hall–Kier alpha value is -2.04. The van der Waals surface area contributed by atoms with Crippen molar-refractivity contribution in [3.05, 3.63) is 29.8 Å². The van der Waals surface area contributed by atoms with Crippen LogP contribution in [0.4, 0.5) is 5.69 Å². The van der Waals surface area contributed by atoms with Gasteiger partial charge in [0.15, 0.2) is 0 Å². The van der Waals surface area contributed by atoms with Crippen molar-refractivity contribution >= 4 is 17.5 Å². The standard InChI is InChI=1S/C15H21N3O2/c16-13-7-3-4-11(8-13)9-18(10-14(17)19)15(20)12-5-1-2-6-12/h3-4,7-8,12H,1-2,5-6,9-10,16H2,(H2,17,19). The first-order valence-corrected chi connectivity index (χ1v) is 6.98. The zero-order chi connectivity index (χ0) is 14.5. The number of nitrogens with two attached hydrogens (primary N) is 2. The van der Waals surface area contributed by atoms with E-state index in [1.165, 1.54) is 0 Å². The summed E-state index contributed by atoms with van der Waals surface area (Å²) in [7, 11) is 0. The molecule has 2 rings (SSSR count). The SMILES string of the molecule is NC(=O)CN(Cc1cccc(N)c1)C(=O)C1CCCC1. The number of carbonyl (C=O) groups excluding carboxylic acids is 2. The van der Waals surface area contributed by atoms with Crippen molar-refractivity contribution in [3.8, 4) is 0 Å². The van der Waals surface area contributed by atoms with Gasteiger partial charge in [-0.2, -0.15) is 0 Å². The summed E-state index contributed by atoms with van der Waals surface area (Å²) in [6.45, 7) is 0.341. The Labute approximate surface area is 118 Å². The maximum Gasteiger partial charge on any atom is 0.237 e. The number of hydrogen-bond acceptors (Lipinski definition) is 3. The van der Waals surface area contributed by atoms with E-state index in [0.29, 0.717) is 12.2 Å². The van der Waals surface area contributed by atoms with E-state index < -0.39 is 5.91 Å². The smallest absolute Gasteiger partial charge is 0.237 e. The van der Waals surface area contributed by atoms with Crippen LogP contribution in [0.25, 0.3) is 0 Å². The number of rotatable bonds is 5. The summed E-state index contributed by atoms with van der Waals surface area (Å²) in [6.07, 6.45) is 3.98. The van der Waals surface area contributed by atoms with E-state index in [1.807, 2.05) is 18.2 Å². The molecule has 1 fully saturated rings. The van der Waals surface area contributed by atoms with Gasteiger partial charge in [0.2, 0.25) is 11.8 Å². The highest BCUT2D eigenvalue weighted by Gasteiger charge is 2.28. The van der Waals surface area contributed by atoms with Gasteiger partial charge in [-0.15, -0.1) is 0 Å². The van der Waals surface area contributed by atoms with Gasteiger partial charge < -0.3 is 16.4 Å². The zero-order valence-electron chi connectivity index (χ0n) is 11.5. The van der Waals surface area contributed by atoms with E-state index in [9.17, 15) is 9.59 Å². The van der Waals surface area contributed by atoms with E-state index in [4.69, 9.17) is 11.5 Å². The van der Waals surface area contributed by atoms with Crippen molar-refractivity contribution in [2.75, 3.05) is 12.3 Å². The lowest BCUT2D eigenvalue weighted by molar-refractivity contribution is -0.139. The summed E-state index contributed by atoms with van der Waals surface area (Å²) in [5.74, 6) is -0.417. The number of nitrogens with zero attached hydrogens (tertiary/aromatic N) is 1. The first kappa shape index (κ1) is 14.4. The third-order valence-electron chi connectivity index (χ3n) is 3.69. The monoisotopic (exact) mass is 275 g/mol. The molecule has 4 N–H and O–H groups in total. The fraction of sp³-hybridized carbons (Fsp3) is 0.467. The number of carbonyl (C=O) groups is 2. The number of hydrogen-bond donors (Lipinski definition) is 2. The topological polar surface area (TPSA) is 89.4 Å². The van der Waals surface area contributed by atoms with E-state index in [2.05, 4.69) is 0 Å². The fourth-order valence-corrected chi connectivity index (χ4v) is 2.74. The molecule has 20 heavy (non-hydrogen) atoms. The Morgan fingerprint density at radius 1 is 1.25 bits per heavy atom. The van der Waals surface area contributed by atoms with Crippen molar-refractivity contribution in [3.63, 3.8) is 0 Å². The summed E-state index contributed by atoms with van der Waals surface area (Å²) < 4.78 is 0. The predicted molar refractivity (Wildman–Crippen MR) is 77.4 cm³/mol. The van der Waals surface area contributed by atoms with E-state index in [-0.39, 0.29) is 18.4 Å². The summed E-state index contributed by atoms with van der Waals surface area (Å²) in [5.41, 5.74) is 12.6. The minimum atomic E-state index is -0.486. The van der Waals surface area contributed by atoms with Gasteiger partial charge in [0.25, 0.3) is 0 Å². The van der Waals surface area contributed by atoms with Crippen molar-refractivity contribution in [1.82, 2.24) is 4.90 Å². The van der Waals surface area contributed by atoms with Gasteiger partial charge in [-0.1, -0.05) is 25.0 Å². The molecule has 0 aromatic heterocycles. The second kappa shape index (κ2) is 6.41. The molecule has 2 amide bonds. The van der Waals surface area contributed by atoms with Crippen LogP contribution >= 0.6 is 0 Å². The van der Waals surface area contributed by atoms with Crippen LogP contribution < -0.4 is 11.5 Å². The van der Waals surface area contributed by atoms with Crippen LogP contribution in [0, 0.1) is 5.92 Å². The highest BCUT2D eigenvalue weighted by Crippen LogP contribution is 2.27. The van der Waals surface area contributed by atoms with Crippen molar-refractivity contribution in [1.29, 1.82) is 0 Å². The first-order valence-electron chi connectivity index (χ1n) is 6.98. The molecule has 0 saturated heterocycles. The van der Waals surface area contributed by atoms with Crippen molar-refractivity contribution in [2.45, 2.75) is 32.2 Å². The minimum absolute atomic E-state index is 0.0312. The first-order chi connectivity index (χ1) is 9.56. The van der Waals surface area contributed by atoms with Crippen molar-refractivity contribution < 1.29 is 9.59 Å². The largest absolute Gasteiger partial charge is 0.399 e. The van der Waals surface area contributed by atoms with Crippen molar-refractivity contribution in [2.24, 2.45) is 11.7 Å². The van der Waals surface area contributed by atoms with E-state index in [1.54, 1.807) is 11.0 Å². The quantitative estimate of drug-likeness (QED) is 0.793. The number of amides is 2. The third kappa shape index (κ3) is 3.73. The Kier molecular flexibility index (Phi) is 4.61. The van der Waals surface area contributed by atoms with E-state index in [0.717, 1.165) is 31.2 Å². The summed E-state index contributed by atoms with van der Waals surface area (Å²) in [5, 5.41) is 0. The fourth-order valence-electron chi connectivity index (χ4n) is 2.74. The lowest BCUT2D eigenvalue weighted by Crippen LogP contribution is -2.40. The average Bonchev–Trinajstić information content (AvgIpc) is 2.90. The van der Waals surface area contributed by atoms with Gasteiger partial charge in [0, 0.05) is 18.2 Å². The Morgan fingerprint density at radius 2 is 1.95 bits per heavy atom. The molecule has 1 aromatic rings. The molecule has 0 aliphatic heterocycles. The molecule has 5 heteroatoms. The normalized spacial score (nSPS) is 15.2. The maximum atomic E-state index is 12.5. The molecular weight excluding hydrogens is 254 g/mol. The van der Waals surface area contributed by atoms with Crippen LogP contribution in [-0.4, -0.2) is 23.3 Å². The minimum Gasteiger partial charge on any atom is -0.399 e. The van der Waals surface area contributed by atoms with Gasteiger partial charge in [-0.25, -0.2) is 0 Å². The molecule has 1 saturated carbocycles. The molecular formula is C15H21N3O2. The van der Waals surface area contributed by atoms with Gasteiger partial charge in [0.1, 0.15) is 0 Å². The molecule has 1 aliphatic rings. The van der Waals surface area contributed by atoms with Gasteiger partial charge >= 0.3 is 0 Å². The molecule has 0 unspecified atom stereocenters. The number of benzene rings is 1. The van der Waals surface area contributed by atoms with Gasteiger partial charge in [-0.05, 0) is 30.5 Å². The lowest BCUT2D eigenvalue weighted by Gasteiger charge is -2.24. The highest BCUT2D eigenvalue weighted by atomic mass is 16.2. The van der Waals surface area contributed by atoms with Crippen LogP contribution in [0.2, 0.25) is 0 Å². The molecule has 0 heterocycles. The zero-order valence-corrected chi connectivity index (χ0v) is 11.5. The molecule has 1 aromatic carbocycles. The predicted octanol–water partition coefficient (Wildman–Crippen LogP) is 1.27. The molecule has 0 bridgehead atoms. The number of anilines is 1. The molecule has 1 aliphatic carbocycles. The average molecular weight is 275 g/mol. The maximum absolute atomic E-state index is 12.5. The summed E-state index contributed by atoms with van der Waals surface area (Å²) in [6, 6.07) is 7.34. The third-order valence-corrected chi connectivity index (χ3v) is 3.69. The van der Waals surface area contributed by atoms with Gasteiger partial charge in [0.05, 0.1) is 6.54 Å². The summed E-state index contributed by atoms with van der Waals surface area (Å²) >= 11 is 0. The molecule has 5 nitrogen and oxygen atoms in total. The lowest BCUT2D eigenvalue weighted by atomic mass is 10.1. The second-order valence-electron chi connectivity index (χ2n) is 5.39. The van der Waals surface area contributed by atoms with Crippen LogP contribution in [0.5, 0.6) is 0 Å². The van der Waals surface area contributed by atoms with Crippen LogP contribution in [-0.2, 0) is 16.1 Å². The molecule has 0 spiro atoms. The Morgan fingerprint density at radius 3 is 2.55 bits per heavy atom. The van der Waals surface area contributed by atoms with Crippen LogP contribution in [0.15, 0.2) is 24.3 Å². The number of nitrogen functional groups attached to an aromatic ring is 1. The number of primary amides is 1. The Balaban J connectivity index is 2.10. The second-order valence-corrected chi connectivity index (χ2v) is 5.39. The van der Waals surface area contributed by atoms with Crippen LogP contribution in [0.3, 0.4) is 0 Å². The molecule has 108 valence electrons. The molecule has 0 radical (unpaired) electrons. The Bertz CT molecular complexity index is 496. The summed E-state index contributed by atoms with van der Waals surface area (Å²) in [4.78, 5) is 25.2. The molecule has 0 atom stereocenters.